The fourth-order valence-electron chi connectivity index (χ4n) is 2.37. The van der Waals surface area contributed by atoms with E-state index in [4.69, 9.17) is 16.1 Å². The Morgan fingerprint density at radius 3 is 2.63 bits per heavy atom. The number of nitrogens with zero attached hydrogens (tertiary/aromatic N) is 2. The molecule has 0 atom stereocenters. The molecule has 27 heavy (non-hydrogen) atoms. The Balaban J connectivity index is 1.37. The summed E-state index contributed by atoms with van der Waals surface area (Å²) in [6, 6.07) is 15.5. The van der Waals surface area contributed by atoms with Crippen molar-refractivity contribution in [3.63, 3.8) is 0 Å². The molecule has 2 aromatic carbocycles. The zero-order valence-electron chi connectivity index (χ0n) is 14.9. The molecule has 5 nitrogen and oxygen atoms in total. The number of aromatic nitrogens is 2. The molecule has 0 aliphatic heterocycles. The van der Waals surface area contributed by atoms with Crippen LogP contribution in [0.5, 0.6) is 0 Å². The number of carbonyl (C=O) groups is 1. The summed E-state index contributed by atoms with van der Waals surface area (Å²) in [6.07, 6.45) is 0.968. The lowest BCUT2D eigenvalue weighted by molar-refractivity contribution is -0.120. The minimum absolute atomic E-state index is 0.0204. The van der Waals surface area contributed by atoms with Crippen LogP contribution in [0, 0.1) is 6.92 Å². The highest BCUT2D eigenvalue weighted by molar-refractivity contribution is 7.99. The molecule has 3 rings (SSSR count). The van der Waals surface area contributed by atoms with E-state index in [1.807, 2.05) is 12.1 Å². The highest BCUT2D eigenvalue weighted by Gasteiger charge is 2.09. The molecule has 0 radical (unpaired) electrons. The lowest BCUT2D eigenvalue weighted by Gasteiger charge is -2.04. The van der Waals surface area contributed by atoms with Gasteiger partial charge in [-0.1, -0.05) is 34.5 Å². The van der Waals surface area contributed by atoms with Gasteiger partial charge in [-0.2, -0.15) is 4.98 Å². The van der Waals surface area contributed by atoms with E-state index in [1.54, 1.807) is 23.9 Å². The summed E-state index contributed by atoms with van der Waals surface area (Å²) in [7, 11) is 0. The van der Waals surface area contributed by atoms with Crippen LogP contribution in [0.2, 0.25) is 5.02 Å². The highest BCUT2D eigenvalue weighted by atomic mass is 35.5. The lowest BCUT2D eigenvalue weighted by Crippen LogP contribution is -2.25. The Morgan fingerprint density at radius 1 is 1.15 bits per heavy atom. The molecule has 0 aliphatic rings. The second-order valence-electron chi connectivity index (χ2n) is 6.03. The van der Waals surface area contributed by atoms with Gasteiger partial charge in [0.05, 0.1) is 0 Å². The van der Waals surface area contributed by atoms with Crippen LogP contribution in [0.4, 0.5) is 0 Å². The first-order chi connectivity index (χ1) is 13.1. The largest absolute Gasteiger partial charge is 0.356 e. The van der Waals surface area contributed by atoms with E-state index in [1.165, 1.54) is 10.5 Å². The predicted molar refractivity (Wildman–Crippen MR) is 108 cm³/mol. The van der Waals surface area contributed by atoms with Crippen LogP contribution in [0.25, 0.3) is 11.4 Å². The molecular formula is C20H20ClN3O2S. The minimum atomic E-state index is 0.0204. The summed E-state index contributed by atoms with van der Waals surface area (Å²) < 4.78 is 5.23. The maximum Gasteiger partial charge on any atom is 0.228 e. The molecule has 0 spiro atoms. The van der Waals surface area contributed by atoms with Crippen molar-refractivity contribution in [1.29, 1.82) is 0 Å². The molecule has 140 valence electrons. The Hall–Kier alpha value is -2.31. The SMILES string of the molecule is Cc1ccc(SCCC(=O)NCCc2nc(-c3ccc(Cl)cc3)no2)cc1. The van der Waals surface area contributed by atoms with Gasteiger partial charge in [0.2, 0.25) is 17.6 Å². The number of rotatable bonds is 8. The topological polar surface area (TPSA) is 68.0 Å². The van der Waals surface area contributed by atoms with E-state index in [0.29, 0.717) is 36.1 Å². The van der Waals surface area contributed by atoms with Crippen molar-refractivity contribution in [2.24, 2.45) is 0 Å². The van der Waals surface area contributed by atoms with Crippen molar-refractivity contribution in [2.45, 2.75) is 24.7 Å². The van der Waals surface area contributed by atoms with Gasteiger partial charge in [0, 0.05) is 40.6 Å². The average Bonchev–Trinajstić information content (AvgIpc) is 3.13. The summed E-state index contributed by atoms with van der Waals surface area (Å²) in [6.45, 7) is 2.53. The van der Waals surface area contributed by atoms with Gasteiger partial charge >= 0.3 is 0 Å². The van der Waals surface area contributed by atoms with Gasteiger partial charge in [0.1, 0.15) is 0 Å². The summed E-state index contributed by atoms with van der Waals surface area (Å²) >= 11 is 7.55. The molecule has 1 amide bonds. The number of benzene rings is 2. The molecule has 1 aromatic heterocycles. The number of hydrogen-bond acceptors (Lipinski definition) is 5. The van der Waals surface area contributed by atoms with E-state index in [0.717, 1.165) is 11.3 Å². The summed E-state index contributed by atoms with van der Waals surface area (Å²) in [5.41, 5.74) is 2.07. The number of nitrogens with one attached hydrogen (secondary N) is 1. The maximum atomic E-state index is 11.9. The van der Waals surface area contributed by atoms with Crippen molar-refractivity contribution >= 4 is 29.3 Å². The van der Waals surface area contributed by atoms with Crippen molar-refractivity contribution in [2.75, 3.05) is 12.3 Å². The van der Waals surface area contributed by atoms with Gasteiger partial charge in [0.15, 0.2) is 0 Å². The standard InChI is InChI=1S/C20H20ClN3O2S/c1-14-2-8-17(9-3-14)27-13-11-18(25)22-12-10-19-23-20(24-26-19)15-4-6-16(21)7-5-15/h2-9H,10-13H2,1H3,(H,22,25). The zero-order valence-corrected chi connectivity index (χ0v) is 16.5. The normalized spacial score (nSPS) is 10.7. The molecular weight excluding hydrogens is 382 g/mol. The Labute approximate surface area is 167 Å². The summed E-state index contributed by atoms with van der Waals surface area (Å²) in [5.74, 6) is 1.78. The third-order valence-corrected chi connectivity index (χ3v) is 5.12. The minimum Gasteiger partial charge on any atom is -0.356 e. The van der Waals surface area contributed by atoms with Gasteiger partial charge < -0.3 is 9.84 Å². The predicted octanol–water partition coefficient (Wildman–Crippen LogP) is 4.54. The number of halogens is 1. The first-order valence-corrected chi connectivity index (χ1v) is 10.0. The average molecular weight is 402 g/mol. The number of hydrogen-bond donors (Lipinski definition) is 1. The maximum absolute atomic E-state index is 11.9. The highest BCUT2D eigenvalue weighted by Crippen LogP contribution is 2.19. The fourth-order valence-corrected chi connectivity index (χ4v) is 3.34. The second-order valence-corrected chi connectivity index (χ2v) is 7.63. The van der Waals surface area contributed by atoms with Crippen LogP contribution < -0.4 is 5.32 Å². The first-order valence-electron chi connectivity index (χ1n) is 8.65. The molecule has 0 aliphatic carbocycles. The third-order valence-electron chi connectivity index (χ3n) is 3.85. The van der Waals surface area contributed by atoms with E-state index in [-0.39, 0.29) is 5.91 Å². The molecule has 3 aromatic rings. The fraction of sp³-hybridized carbons (Fsp3) is 0.250. The van der Waals surface area contributed by atoms with E-state index in [9.17, 15) is 4.79 Å². The van der Waals surface area contributed by atoms with Crippen LogP contribution in [0.3, 0.4) is 0 Å². The van der Waals surface area contributed by atoms with Crippen LogP contribution in [-0.2, 0) is 11.2 Å². The van der Waals surface area contributed by atoms with Crippen LogP contribution in [-0.4, -0.2) is 28.3 Å². The molecule has 1 heterocycles. The molecule has 1 N–H and O–H groups in total. The van der Waals surface area contributed by atoms with Gasteiger partial charge in [-0.15, -0.1) is 11.8 Å². The van der Waals surface area contributed by atoms with E-state index < -0.39 is 0 Å². The van der Waals surface area contributed by atoms with Crippen molar-refractivity contribution in [3.8, 4) is 11.4 Å². The second kappa shape index (κ2) is 9.58. The smallest absolute Gasteiger partial charge is 0.228 e. The van der Waals surface area contributed by atoms with Gasteiger partial charge in [-0.05, 0) is 43.3 Å². The summed E-state index contributed by atoms with van der Waals surface area (Å²) in [5, 5.41) is 7.50. The van der Waals surface area contributed by atoms with Crippen molar-refractivity contribution < 1.29 is 9.32 Å². The molecule has 0 fully saturated rings. The molecule has 7 heteroatoms. The number of aryl methyl sites for hydroxylation is 1. The van der Waals surface area contributed by atoms with Crippen LogP contribution in [0.15, 0.2) is 57.9 Å². The Morgan fingerprint density at radius 2 is 1.89 bits per heavy atom. The monoisotopic (exact) mass is 401 g/mol. The van der Waals surface area contributed by atoms with Gasteiger partial charge in [-0.3, -0.25) is 4.79 Å². The van der Waals surface area contributed by atoms with Gasteiger partial charge in [-0.25, -0.2) is 0 Å². The first kappa shape index (κ1) is 19.5. The number of carbonyl (C=O) groups excluding carboxylic acids is 1. The third kappa shape index (κ3) is 6.12. The van der Waals surface area contributed by atoms with Crippen molar-refractivity contribution in [1.82, 2.24) is 15.5 Å². The number of amides is 1. The number of thioether (sulfide) groups is 1. The quantitative estimate of drug-likeness (QED) is 0.561. The lowest BCUT2D eigenvalue weighted by atomic mass is 10.2. The van der Waals surface area contributed by atoms with E-state index >= 15 is 0 Å². The molecule has 0 unspecified atom stereocenters. The molecule has 0 bridgehead atoms. The van der Waals surface area contributed by atoms with Gasteiger partial charge in [0.25, 0.3) is 0 Å². The zero-order chi connectivity index (χ0) is 19.1. The van der Waals surface area contributed by atoms with Crippen molar-refractivity contribution in [3.05, 3.63) is 65.0 Å². The Kier molecular flexibility index (Phi) is 6.90. The molecule has 0 saturated carbocycles. The Bertz CT molecular complexity index is 879. The van der Waals surface area contributed by atoms with E-state index in [2.05, 4.69) is 46.6 Å². The molecule has 0 saturated heterocycles. The summed E-state index contributed by atoms with van der Waals surface area (Å²) in [4.78, 5) is 17.4. The van der Waals surface area contributed by atoms with Crippen LogP contribution >= 0.6 is 23.4 Å². The van der Waals surface area contributed by atoms with Crippen LogP contribution in [0.1, 0.15) is 17.9 Å².